The number of hydrogen-bond acceptors (Lipinski definition) is 4. The van der Waals surface area contributed by atoms with Gasteiger partial charge in [-0.3, -0.25) is 14.2 Å². The summed E-state index contributed by atoms with van der Waals surface area (Å²) in [5.41, 5.74) is 2.58. The molecule has 1 aromatic heterocycles. The van der Waals surface area contributed by atoms with Gasteiger partial charge in [0.1, 0.15) is 5.82 Å². The molecule has 0 aliphatic rings. The van der Waals surface area contributed by atoms with E-state index in [2.05, 4.69) is 0 Å². The van der Waals surface area contributed by atoms with E-state index in [0.29, 0.717) is 40.5 Å². The summed E-state index contributed by atoms with van der Waals surface area (Å²) >= 11 is 6.37. The number of carbonyl (C=O) groups is 1. The van der Waals surface area contributed by atoms with E-state index in [0.717, 1.165) is 17.7 Å². The second-order valence-corrected chi connectivity index (χ2v) is 8.66. The highest BCUT2D eigenvalue weighted by Gasteiger charge is 2.28. The van der Waals surface area contributed by atoms with Crippen LogP contribution in [-0.2, 0) is 11.2 Å². The van der Waals surface area contributed by atoms with E-state index in [1.54, 1.807) is 46.9 Å². The minimum absolute atomic E-state index is 0.171. The third-order valence-corrected chi connectivity index (χ3v) is 6.49. The maximum atomic E-state index is 13.8. The SMILES string of the molecule is CCc1ccccc1-n1c(C(C)N(CCOC)C(=O)c2ccccc2Cl)nc2ccccc2c1=O. The zero-order chi connectivity index (χ0) is 24.9. The molecule has 0 radical (unpaired) electrons. The number of hydrogen-bond donors (Lipinski definition) is 0. The minimum atomic E-state index is -0.545. The fourth-order valence-electron chi connectivity index (χ4n) is 4.28. The maximum absolute atomic E-state index is 13.8. The van der Waals surface area contributed by atoms with Gasteiger partial charge in [0.2, 0.25) is 0 Å². The van der Waals surface area contributed by atoms with Crippen molar-refractivity contribution < 1.29 is 9.53 Å². The van der Waals surface area contributed by atoms with Crippen molar-refractivity contribution in [1.82, 2.24) is 14.5 Å². The molecule has 1 atom stereocenters. The zero-order valence-corrected chi connectivity index (χ0v) is 20.8. The van der Waals surface area contributed by atoms with Crippen molar-refractivity contribution in [1.29, 1.82) is 0 Å². The van der Waals surface area contributed by atoms with E-state index in [-0.39, 0.29) is 11.5 Å². The number of aryl methyl sites for hydroxylation is 1. The molecule has 1 heterocycles. The van der Waals surface area contributed by atoms with Crippen molar-refractivity contribution in [3.8, 4) is 5.69 Å². The van der Waals surface area contributed by atoms with Gasteiger partial charge < -0.3 is 9.64 Å². The molecule has 0 spiro atoms. The summed E-state index contributed by atoms with van der Waals surface area (Å²) in [5, 5.41) is 0.891. The van der Waals surface area contributed by atoms with Crippen LogP contribution in [0.3, 0.4) is 0 Å². The molecule has 3 aromatic carbocycles. The summed E-state index contributed by atoms with van der Waals surface area (Å²) in [6.45, 7) is 4.56. The smallest absolute Gasteiger partial charge is 0.266 e. The van der Waals surface area contributed by atoms with Crippen LogP contribution in [0.25, 0.3) is 16.6 Å². The van der Waals surface area contributed by atoms with Crippen LogP contribution in [0.4, 0.5) is 0 Å². The van der Waals surface area contributed by atoms with E-state index in [9.17, 15) is 9.59 Å². The van der Waals surface area contributed by atoms with Crippen LogP contribution in [-0.4, -0.2) is 40.6 Å². The molecular weight excluding hydrogens is 462 g/mol. The number of ether oxygens (including phenoxy) is 1. The number of carbonyl (C=O) groups excluding carboxylic acids is 1. The van der Waals surface area contributed by atoms with Crippen molar-refractivity contribution in [2.75, 3.05) is 20.3 Å². The monoisotopic (exact) mass is 489 g/mol. The van der Waals surface area contributed by atoms with Crippen LogP contribution < -0.4 is 5.56 Å². The first-order chi connectivity index (χ1) is 17.0. The Kier molecular flexibility index (Phi) is 7.63. The molecule has 4 aromatic rings. The van der Waals surface area contributed by atoms with Gasteiger partial charge in [0.25, 0.3) is 11.5 Å². The van der Waals surface area contributed by atoms with Crippen molar-refractivity contribution in [3.63, 3.8) is 0 Å². The Hall–Kier alpha value is -3.48. The summed E-state index contributed by atoms with van der Waals surface area (Å²) in [4.78, 5) is 34.1. The largest absolute Gasteiger partial charge is 0.383 e. The lowest BCUT2D eigenvalue weighted by Gasteiger charge is -2.31. The van der Waals surface area contributed by atoms with Gasteiger partial charge >= 0.3 is 0 Å². The first-order valence-corrected chi connectivity index (χ1v) is 12.0. The van der Waals surface area contributed by atoms with Gasteiger partial charge in [-0.05, 0) is 49.2 Å². The molecule has 0 saturated carbocycles. The summed E-state index contributed by atoms with van der Waals surface area (Å²) in [5.74, 6) is 0.226. The van der Waals surface area contributed by atoms with Gasteiger partial charge in [0.15, 0.2) is 0 Å². The Morgan fingerprint density at radius 2 is 1.74 bits per heavy atom. The Bertz CT molecular complexity index is 1420. The van der Waals surface area contributed by atoms with Crippen molar-refractivity contribution in [2.24, 2.45) is 0 Å². The number of methoxy groups -OCH3 is 1. The average Bonchev–Trinajstić information content (AvgIpc) is 2.89. The van der Waals surface area contributed by atoms with Crippen molar-refractivity contribution in [2.45, 2.75) is 26.3 Å². The summed E-state index contributed by atoms with van der Waals surface area (Å²) < 4.78 is 6.95. The number of fused-ring (bicyclic) bond motifs is 1. The predicted octanol–water partition coefficient (Wildman–Crippen LogP) is 5.45. The maximum Gasteiger partial charge on any atom is 0.266 e. The zero-order valence-electron chi connectivity index (χ0n) is 20.1. The van der Waals surface area contributed by atoms with E-state index >= 15 is 0 Å². The Balaban J connectivity index is 1.95. The first kappa shape index (κ1) is 24.6. The second kappa shape index (κ2) is 10.8. The van der Waals surface area contributed by atoms with Gasteiger partial charge in [-0.1, -0.05) is 61.0 Å². The van der Waals surface area contributed by atoms with Crippen molar-refractivity contribution in [3.05, 3.63) is 105 Å². The van der Waals surface area contributed by atoms with Crippen LogP contribution >= 0.6 is 11.6 Å². The van der Waals surface area contributed by atoms with Crippen molar-refractivity contribution >= 4 is 28.4 Å². The molecule has 6 nitrogen and oxygen atoms in total. The number of nitrogens with zero attached hydrogens (tertiary/aromatic N) is 3. The molecule has 4 rings (SSSR count). The molecular formula is C28H28ClN3O3. The highest BCUT2D eigenvalue weighted by atomic mass is 35.5. The highest BCUT2D eigenvalue weighted by Crippen LogP contribution is 2.27. The van der Waals surface area contributed by atoms with E-state index < -0.39 is 6.04 Å². The van der Waals surface area contributed by atoms with Gasteiger partial charge in [0, 0.05) is 13.7 Å². The number of amides is 1. The lowest BCUT2D eigenvalue weighted by molar-refractivity contribution is 0.0605. The third kappa shape index (κ3) is 4.85. The summed E-state index contributed by atoms with van der Waals surface area (Å²) in [6, 6.07) is 21.5. The number of para-hydroxylation sites is 2. The topological polar surface area (TPSA) is 64.4 Å². The lowest BCUT2D eigenvalue weighted by Crippen LogP contribution is -2.39. The average molecular weight is 490 g/mol. The number of aromatic nitrogens is 2. The molecule has 180 valence electrons. The van der Waals surface area contributed by atoms with Crippen LogP contribution in [0.15, 0.2) is 77.6 Å². The van der Waals surface area contributed by atoms with E-state index in [1.807, 2.05) is 56.3 Å². The van der Waals surface area contributed by atoms with Crippen LogP contribution in [0.2, 0.25) is 5.02 Å². The fourth-order valence-corrected chi connectivity index (χ4v) is 4.50. The standard InChI is InChI=1S/C28H28ClN3O3/c1-4-20-11-5-10-16-25(20)32-26(30-24-15-9-7-13-22(24)28(32)34)19(2)31(17-18-35-3)27(33)21-12-6-8-14-23(21)29/h5-16,19H,4,17-18H2,1-3H3. The summed E-state index contributed by atoms with van der Waals surface area (Å²) in [6.07, 6.45) is 0.745. The molecule has 0 fully saturated rings. The van der Waals surface area contributed by atoms with Gasteiger partial charge in [-0.25, -0.2) is 4.98 Å². The molecule has 0 saturated heterocycles. The van der Waals surface area contributed by atoms with Gasteiger partial charge in [-0.15, -0.1) is 0 Å². The molecule has 0 bridgehead atoms. The lowest BCUT2D eigenvalue weighted by atomic mass is 10.1. The van der Waals surface area contributed by atoms with Gasteiger partial charge in [0.05, 0.1) is 39.8 Å². The Morgan fingerprint density at radius 3 is 2.49 bits per heavy atom. The Labute approximate surface area is 209 Å². The fraction of sp³-hybridized carbons (Fsp3) is 0.250. The first-order valence-electron chi connectivity index (χ1n) is 11.6. The number of rotatable bonds is 8. The molecule has 0 N–H and O–H groups in total. The molecule has 1 unspecified atom stereocenters. The van der Waals surface area contributed by atoms with Gasteiger partial charge in [-0.2, -0.15) is 0 Å². The molecule has 1 amide bonds. The second-order valence-electron chi connectivity index (χ2n) is 8.26. The van der Waals surface area contributed by atoms with Crippen LogP contribution in [0.5, 0.6) is 0 Å². The van der Waals surface area contributed by atoms with Crippen LogP contribution in [0, 0.1) is 0 Å². The van der Waals surface area contributed by atoms with Crippen LogP contribution in [0.1, 0.15) is 41.6 Å². The Morgan fingerprint density at radius 1 is 1.06 bits per heavy atom. The number of benzene rings is 3. The van der Waals surface area contributed by atoms with E-state index in [1.165, 1.54) is 0 Å². The van der Waals surface area contributed by atoms with E-state index in [4.69, 9.17) is 21.3 Å². The number of halogens is 1. The molecule has 35 heavy (non-hydrogen) atoms. The summed E-state index contributed by atoms with van der Waals surface area (Å²) in [7, 11) is 1.59. The normalized spacial score (nSPS) is 12.0. The highest BCUT2D eigenvalue weighted by molar-refractivity contribution is 6.33. The third-order valence-electron chi connectivity index (χ3n) is 6.16. The molecule has 0 aliphatic heterocycles. The quantitative estimate of drug-likeness (QED) is 0.330. The predicted molar refractivity (Wildman–Crippen MR) is 139 cm³/mol. The molecule has 7 heteroatoms. The molecule has 0 aliphatic carbocycles. The minimum Gasteiger partial charge on any atom is -0.383 e.